The molecule has 1 heterocycles. The molecule has 0 aliphatic rings. The van der Waals surface area contributed by atoms with Crippen LogP contribution in [0.15, 0.2) is 183 Å². The molecule has 8 rings (SSSR count). The maximum absolute atomic E-state index is 8.00. The van der Waals surface area contributed by atoms with Gasteiger partial charge in [0, 0.05) is 33.5 Å². The molecular weight excluding hydrogens is 581 g/mol. The second kappa shape index (κ2) is 12.4. The SMILES string of the molecule is [2H]C([2H])=C([2H])c1ccc(-c2ccc(N(c3ccc(-c4ccc(C([2H])=C([2H])[2H])cc4)cc3)c3ccc4c(c3)c3ccccc3n4-c3ccccc3)cc2)cc1. The fourth-order valence-electron chi connectivity index (χ4n) is 6.50. The predicted octanol–water partition coefficient (Wildman–Crippen LogP) is 12.9. The standard InChI is InChI=1S/C46H34N2/c1-3-33-14-18-35(19-15-33)37-22-26-40(27-23-37)47(41-28-24-38(25-29-41)36-20-16-34(4-2)17-21-36)42-30-31-46-44(32-42)43-12-8-9-13-45(43)48(46)39-10-6-5-7-11-39/h3-32H,1-2H2/i1D2,2D2,3D,4D. The van der Waals surface area contributed by atoms with Crippen molar-refractivity contribution in [2.24, 2.45) is 0 Å². The van der Waals surface area contributed by atoms with Gasteiger partial charge in [0.05, 0.1) is 19.3 Å². The molecule has 0 unspecified atom stereocenters. The maximum atomic E-state index is 8.00. The van der Waals surface area contributed by atoms with Crippen molar-refractivity contribution >= 4 is 51.0 Å². The van der Waals surface area contributed by atoms with Gasteiger partial charge in [0.25, 0.3) is 0 Å². The van der Waals surface area contributed by atoms with Crippen LogP contribution in [0.1, 0.15) is 19.4 Å². The summed E-state index contributed by atoms with van der Waals surface area (Å²) in [5.41, 5.74) is 11.3. The molecule has 0 spiro atoms. The molecule has 228 valence electrons. The molecule has 8 aromatic rings. The van der Waals surface area contributed by atoms with Gasteiger partial charge in [-0.2, -0.15) is 0 Å². The molecule has 7 aromatic carbocycles. The zero-order valence-electron chi connectivity index (χ0n) is 32.1. The monoisotopic (exact) mass is 620 g/mol. The Balaban J connectivity index is 1.22. The molecule has 0 bridgehead atoms. The Morgan fingerprint density at radius 1 is 0.458 bits per heavy atom. The number of benzene rings is 7. The highest BCUT2D eigenvalue weighted by Gasteiger charge is 2.17. The molecule has 48 heavy (non-hydrogen) atoms. The van der Waals surface area contributed by atoms with Crippen LogP contribution in [0.25, 0.3) is 61.9 Å². The van der Waals surface area contributed by atoms with Crippen molar-refractivity contribution in [3.05, 3.63) is 194 Å². The first-order valence-electron chi connectivity index (χ1n) is 18.9. The molecule has 0 fully saturated rings. The summed E-state index contributed by atoms with van der Waals surface area (Å²) < 4.78 is 48.3. The highest BCUT2D eigenvalue weighted by atomic mass is 15.1. The van der Waals surface area contributed by atoms with Gasteiger partial charge in [-0.25, -0.2) is 0 Å². The first kappa shape index (κ1) is 23.0. The Bertz CT molecular complexity index is 2560. The quantitative estimate of drug-likeness (QED) is 0.164. The normalized spacial score (nSPS) is 12.7. The third-order valence-electron chi connectivity index (χ3n) is 8.90. The third kappa shape index (κ3) is 5.30. The minimum Gasteiger partial charge on any atom is -0.310 e. The van der Waals surface area contributed by atoms with E-state index >= 15 is 0 Å². The molecule has 0 aliphatic heterocycles. The summed E-state index contributed by atoms with van der Waals surface area (Å²) in [5.74, 6) is 0. The van der Waals surface area contributed by atoms with Crippen molar-refractivity contribution in [3.63, 3.8) is 0 Å². The topological polar surface area (TPSA) is 8.17 Å². The molecule has 2 heteroatoms. The second-order valence-electron chi connectivity index (χ2n) is 11.7. The van der Waals surface area contributed by atoms with Crippen LogP contribution >= 0.6 is 0 Å². The van der Waals surface area contributed by atoms with Crippen LogP contribution in [0.5, 0.6) is 0 Å². The molecule has 0 amide bonds. The Hall–Kier alpha value is -6.38. The lowest BCUT2D eigenvalue weighted by molar-refractivity contribution is 1.18. The van der Waals surface area contributed by atoms with E-state index in [2.05, 4.69) is 125 Å². The van der Waals surface area contributed by atoms with E-state index in [1.807, 2.05) is 30.3 Å². The lowest BCUT2D eigenvalue weighted by Gasteiger charge is -2.26. The fourth-order valence-corrected chi connectivity index (χ4v) is 6.50. The molecule has 0 N–H and O–H groups in total. The Kier molecular flexibility index (Phi) is 5.96. The van der Waals surface area contributed by atoms with Crippen molar-refractivity contribution in [2.45, 2.75) is 0 Å². The average molecular weight is 621 g/mol. The van der Waals surface area contributed by atoms with Crippen molar-refractivity contribution < 1.29 is 8.22 Å². The van der Waals surface area contributed by atoms with Crippen molar-refractivity contribution in [1.82, 2.24) is 4.57 Å². The number of para-hydroxylation sites is 2. The predicted molar refractivity (Wildman–Crippen MR) is 207 cm³/mol. The van der Waals surface area contributed by atoms with E-state index in [-0.39, 0.29) is 12.1 Å². The Morgan fingerprint density at radius 2 is 0.917 bits per heavy atom. The number of hydrogen-bond donors (Lipinski definition) is 0. The van der Waals surface area contributed by atoms with Crippen LogP contribution < -0.4 is 4.90 Å². The van der Waals surface area contributed by atoms with Gasteiger partial charge in [0.15, 0.2) is 0 Å². The van der Waals surface area contributed by atoms with Crippen LogP contribution in [0.2, 0.25) is 0 Å². The largest absolute Gasteiger partial charge is 0.310 e. The number of fused-ring (bicyclic) bond motifs is 3. The second-order valence-corrected chi connectivity index (χ2v) is 11.7. The summed E-state index contributed by atoms with van der Waals surface area (Å²) in [5, 5.41) is 2.31. The Morgan fingerprint density at radius 3 is 1.46 bits per heavy atom. The summed E-state index contributed by atoms with van der Waals surface area (Å²) in [6.07, 6.45) is 0. The number of hydrogen-bond acceptors (Lipinski definition) is 1. The smallest absolute Gasteiger partial charge is 0.0623 e. The highest BCUT2D eigenvalue weighted by molar-refractivity contribution is 6.10. The summed E-state index contributed by atoms with van der Waals surface area (Å²) in [6.45, 7) is -1.02. The summed E-state index contributed by atoms with van der Waals surface area (Å²) in [7, 11) is 0. The summed E-state index contributed by atoms with van der Waals surface area (Å²) in [4.78, 5) is 2.25. The average Bonchev–Trinajstić information content (AvgIpc) is 3.55. The van der Waals surface area contributed by atoms with Gasteiger partial charge in [-0.05, 0) is 94.0 Å². The maximum Gasteiger partial charge on any atom is 0.0623 e. The zero-order valence-corrected chi connectivity index (χ0v) is 26.1. The molecule has 0 radical (unpaired) electrons. The van der Waals surface area contributed by atoms with Crippen LogP contribution in [-0.2, 0) is 0 Å². The van der Waals surface area contributed by atoms with Gasteiger partial charge in [0.2, 0.25) is 0 Å². The van der Waals surface area contributed by atoms with E-state index in [4.69, 9.17) is 8.22 Å². The number of anilines is 3. The van der Waals surface area contributed by atoms with E-state index in [1.165, 1.54) is 0 Å². The lowest BCUT2D eigenvalue weighted by Crippen LogP contribution is -2.10. The first-order valence-corrected chi connectivity index (χ1v) is 15.9. The van der Waals surface area contributed by atoms with E-state index in [0.717, 1.165) is 66.8 Å². The highest BCUT2D eigenvalue weighted by Crippen LogP contribution is 2.40. The van der Waals surface area contributed by atoms with Gasteiger partial charge >= 0.3 is 0 Å². The molecule has 2 nitrogen and oxygen atoms in total. The van der Waals surface area contributed by atoms with Gasteiger partial charge < -0.3 is 9.47 Å². The van der Waals surface area contributed by atoms with E-state index < -0.39 is 13.1 Å². The van der Waals surface area contributed by atoms with Crippen molar-refractivity contribution in [2.75, 3.05) is 4.90 Å². The van der Waals surface area contributed by atoms with Gasteiger partial charge in [0.1, 0.15) is 0 Å². The van der Waals surface area contributed by atoms with Gasteiger partial charge in [-0.1, -0.05) is 134 Å². The molecule has 0 saturated carbocycles. The number of nitrogens with zero attached hydrogens (tertiary/aromatic N) is 2. The summed E-state index contributed by atoms with van der Waals surface area (Å²) >= 11 is 0. The molecular formula is C46H34N2. The van der Waals surface area contributed by atoms with Crippen molar-refractivity contribution in [3.8, 4) is 27.9 Å². The summed E-state index contributed by atoms with van der Waals surface area (Å²) in [6, 6.07) is 56.9. The molecule has 0 aliphatic carbocycles. The van der Waals surface area contributed by atoms with E-state index in [9.17, 15) is 0 Å². The van der Waals surface area contributed by atoms with Gasteiger partial charge in [-0.15, -0.1) is 0 Å². The zero-order chi connectivity index (χ0) is 37.3. The Labute approximate surface area is 290 Å². The number of aromatic nitrogens is 1. The van der Waals surface area contributed by atoms with E-state index in [1.54, 1.807) is 24.3 Å². The first-order chi connectivity index (χ1) is 26.3. The molecule has 0 saturated heterocycles. The lowest BCUT2D eigenvalue weighted by atomic mass is 10.0. The van der Waals surface area contributed by atoms with E-state index in [0.29, 0.717) is 11.1 Å². The minimum atomic E-state index is -0.509. The third-order valence-corrected chi connectivity index (χ3v) is 8.90. The molecule has 1 aromatic heterocycles. The van der Waals surface area contributed by atoms with Crippen LogP contribution in [0.3, 0.4) is 0 Å². The van der Waals surface area contributed by atoms with Crippen LogP contribution in [-0.4, -0.2) is 4.57 Å². The minimum absolute atomic E-state index is 0.106. The van der Waals surface area contributed by atoms with Crippen molar-refractivity contribution in [1.29, 1.82) is 0 Å². The van der Waals surface area contributed by atoms with Gasteiger partial charge in [-0.3, -0.25) is 0 Å². The molecule has 0 atom stereocenters. The van der Waals surface area contributed by atoms with Crippen LogP contribution in [0, 0.1) is 0 Å². The van der Waals surface area contributed by atoms with Crippen LogP contribution in [0.4, 0.5) is 17.1 Å². The number of rotatable bonds is 8. The fraction of sp³-hybridized carbons (Fsp3) is 0.